The second kappa shape index (κ2) is 14.8. The standard InChI is InChI=1S/C65H47N/c1-64(2)54-32-13-12-28-53(54)62-47(29-20-36-58(62)64)43-39-41-45(42-40-43)61(44-21-5-3-6-22-44)50-27-10-9-25-48(50)51-30-19-31-52-49-26-11-14-33-55(49)65(63(51)52)56-34-15-17-37-59(56)66(46-23-7-4-8-24-46)60-38-18-16-35-57(60)65/h3-42,61H,1-2H3. The summed E-state index contributed by atoms with van der Waals surface area (Å²) in [5.41, 5.74) is 25.1. The lowest BCUT2D eigenvalue weighted by atomic mass is 9.63. The first kappa shape index (κ1) is 38.5. The van der Waals surface area contributed by atoms with Gasteiger partial charge < -0.3 is 4.90 Å². The molecule has 10 aromatic rings. The summed E-state index contributed by atoms with van der Waals surface area (Å²) in [4.78, 5) is 2.46. The molecule has 2 aliphatic carbocycles. The smallest absolute Gasteiger partial charge is 0.0760 e. The molecule has 0 fully saturated rings. The summed E-state index contributed by atoms with van der Waals surface area (Å²) in [6.45, 7) is 4.72. The number of hydrogen-bond donors (Lipinski definition) is 0. The molecule has 0 aromatic heterocycles. The molecule has 0 amide bonds. The van der Waals surface area contributed by atoms with Crippen molar-refractivity contribution < 1.29 is 0 Å². The van der Waals surface area contributed by atoms with Gasteiger partial charge in [-0.25, -0.2) is 0 Å². The van der Waals surface area contributed by atoms with Crippen LogP contribution in [0.2, 0.25) is 0 Å². The molecular weight excluding hydrogens is 795 g/mol. The minimum absolute atomic E-state index is 0.0207. The topological polar surface area (TPSA) is 3.24 Å². The number of benzene rings is 10. The van der Waals surface area contributed by atoms with Gasteiger partial charge in [0, 0.05) is 17.0 Å². The number of anilines is 3. The molecule has 1 heteroatoms. The third-order valence-electron chi connectivity index (χ3n) is 15.0. The lowest BCUT2D eigenvalue weighted by Gasteiger charge is -2.45. The maximum absolute atomic E-state index is 2.46. The Kier molecular flexibility index (Phi) is 8.61. The number of nitrogens with zero attached hydrogens (tertiary/aromatic N) is 1. The molecule has 0 saturated heterocycles. The molecule has 1 spiro atoms. The Morgan fingerprint density at radius 1 is 0.333 bits per heavy atom. The molecular formula is C65H47N. The van der Waals surface area contributed by atoms with Crippen molar-refractivity contribution >= 4 is 17.1 Å². The minimum Gasteiger partial charge on any atom is -0.310 e. The van der Waals surface area contributed by atoms with Gasteiger partial charge in [-0.1, -0.05) is 232 Å². The van der Waals surface area contributed by atoms with E-state index >= 15 is 0 Å². The average molecular weight is 842 g/mol. The van der Waals surface area contributed by atoms with Gasteiger partial charge in [-0.05, 0) is 119 Å². The predicted octanol–water partition coefficient (Wildman–Crippen LogP) is 16.7. The Labute approximate surface area is 388 Å². The van der Waals surface area contributed by atoms with Crippen LogP contribution in [0.4, 0.5) is 17.1 Å². The summed E-state index contributed by atoms with van der Waals surface area (Å²) in [5.74, 6) is -0.0207. The van der Waals surface area contributed by atoms with Crippen molar-refractivity contribution in [1.82, 2.24) is 0 Å². The molecule has 1 aliphatic heterocycles. The highest BCUT2D eigenvalue weighted by Gasteiger charge is 2.53. The maximum Gasteiger partial charge on any atom is 0.0760 e. The fourth-order valence-corrected chi connectivity index (χ4v) is 12.3. The molecule has 3 aliphatic rings. The summed E-state index contributed by atoms with van der Waals surface area (Å²) in [5, 5.41) is 0. The van der Waals surface area contributed by atoms with Crippen LogP contribution in [-0.4, -0.2) is 0 Å². The van der Waals surface area contributed by atoms with E-state index < -0.39 is 5.41 Å². The van der Waals surface area contributed by atoms with E-state index in [1.165, 1.54) is 106 Å². The van der Waals surface area contributed by atoms with Crippen LogP contribution in [-0.2, 0) is 10.8 Å². The van der Waals surface area contributed by atoms with Crippen LogP contribution in [0.15, 0.2) is 243 Å². The van der Waals surface area contributed by atoms with Gasteiger partial charge in [-0.3, -0.25) is 0 Å². The number of para-hydroxylation sites is 3. The molecule has 10 aromatic carbocycles. The normalized spacial score (nSPS) is 14.7. The fourth-order valence-electron chi connectivity index (χ4n) is 12.3. The van der Waals surface area contributed by atoms with Crippen LogP contribution in [0.3, 0.4) is 0 Å². The summed E-state index contributed by atoms with van der Waals surface area (Å²) < 4.78 is 0. The third kappa shape index (κ3) is 5.41. The Morgan fingerprint density at radius 3 is 1.50 bits per heavy atom. The molecule has 13 rings (SSSR count). The quantitative estimate of drug-likeness (QED) is 0.151. The highest BCUT2D eigenvalue weighted by atomic mass is 15.2. The molecule has 0 saturated carbocycles. The summed E-state index contributed by atoms with van der Waals surface area (Å²) in [6, 6.07) is 90.9. The first-order valence-electron chi connectivity index (χ1n) is 23.3. The first-order chi connectivity index (χ1) is 32.5. The Bertz CT molecular complexity index is 3460. The van der Waals surface area contributed by atoms with Crippen LogP contribution >= 0.6 is 0 Å². The van der Waals surface area contributed by atoms with E-state index in [0.29, 0.717) is 0 Å². The van der Waals surface area contributed by atoms with Crippen LogP contribution < -0.4 is 4.90 Å². The molecule has 66 heavy (non-hydrogen) atoms. The lowest BCUT2D eigenvalue weighted by Crippen LogP contribution is -2.36. The first-order valence-corrected chi connectivity index (χ1v) is 23.3. The van der Waals surface area contributed by atoms with E-state index in [4.69, 9.17) is 0 Å². The number of hydrogen-bond acceptors (Lipinski definition) is 1. The predicted molar refractivity (Wildman–Crippen MR) is 274 cm³/mol. The summed E-state index contributed by atoms with van der Waals surface area (Å²) >= 11 is 0. The zero-order chi connectivity index (χ0) is 44.0. The molecule has 1 unspecified atom stereocenters. The maximum atomic E-state index is 2.46. The van der Waals surface area contributed by atoms with Crippen LogP contribution in [0.5, 0.6) is 0 Å². The molecule has 1 heterocycles. The molecule has 312 valence electrons. The van der Waals surface area contributed by atoms with Crippen LogP contribution in [0.25, 0.3) is 44.5 Å². The Hall–Kier alpha value is -8.00. The van der Waals surface area contributed by atoms with Crippen LogP contribution in [0.1, 0.15) is 69.8 Å². The molecule has 1 atom stereocenters. The van der Waals surface area contributed by atoms with Gasteiger partial charge in [-0.2, -0.15) is 0 Å². The van der Waals surface area contributed by atoms with E-state index in [1.807, 2.05) is 0 Å². The average Bonchev–Trinajstić information content (AvgIpc) is 3.81. The monoisotopic (exact) mass is 841 g/mol. The minimum atomic E-state index is -0.582. The van der Waals surface area contributed by atoms with Gasteiger partial charge in [0.15, 0.2) is 0 Å². The molecule has 0 N–H and O–H groups in total. The highest BCUT2D eigenvalue weighted by molar-refractivity contribution is 5.99. The zero-order valence-electron chi connectivity index (χ0n) is 37.1. The van der Waals surface area contributed by atoms with Crippen LogP contribution in [0, 0.1) is 0 Å². The van der Waals surface area contributed by atoms with Crippen molar-refractivity contribution in [2.45, 2.75) is 30.6 Å². The molecule has 1 nitrogen and oxygen atoms in total. The Morgan fingerprint density at radius 2 is 0.803 bits per heavy atom. The van der Waals surface area contributed by atoms with Crippen molar-refractivity contribution in [3.8, 4) is 44.5 Å². The second-order valence-electron chi connectivity index (χ2n) is 18.7. The highest BCUT2D eigenvalue weighted by Crippen LogP contribution is 2.65. The van der Waals surface area contributed by atoms with Gasteiger partial charge in [0.1, 0.15) is 0 Å². The lowest BCUT2D eigenvalue weighted by molar-refractivity contribution is 0.660. The van der Waals surface area contributed by atoms with Gasteiger partial charge >= 0.3 is 0 Å². The van der Waals surface area contributed by atoms with Gasteiger partial charge in [0.2, 0.25) is 0 Å². The van der Waals surface area contributed by atoms with E-state index in [1.54, 1.807) is 0 Å². The SMILES string of the molecule is CC1(C)c2ccccc2-c2c(-c3ccc(C(c4ccccc4)c4ccccc4-c4cccc5c4C4(c6ccccc6-5)c5ccccc5N(c5ccccc5)c5ccccc54)cc3)cccc21. The molecule has 0 bridgehead atoms. The van der Waals surface area contributed by atoms with Crippen molar-refractivity contribution in [1.29, 1.82) is 0 Å². The summed E-state index contributed by atoms with van der Waals surface area (Å²) in [7, 11) is 0. The number of rotatable bonds is 6. The number of fused-ring (bicyclic) bond motifs is 12. The Balaban J connectivity index is 1.02. The van der Waals surface area contributed by atoms with Gasteiger partial charge in [0.25, 0.3) is 0 Å². The van der Waals surface area contributed by atoms with Crippen molar-refractivity contribution in [2.75, 3.05) is 4.90 Å². The van der Waals surface area contributed by atoms with E-state index in [9.17, 15) is 0 Å². The molecule has 0 radical (unpaired) electrons. The van der Waals surface area contributed by atoms with Crippen molar-refractivity contribution in [2.24, 2.45) is 0 Å². The largest absolute Gasteiger partial charge is 0.310 e. The van der Waals surface area contributed by atoms with Gasteiger partial charge in [-0.15, -0.1) is 0 Å². The van der Waals surface area contributed by atoms with E-state index in [0.717, 1.165) is 5.69 Å². The van der Waals surface area contributed by atoms with Gasteiger partial charge in [0.05, 0.1) is 16.8 Å². The zero-order valence-corrected chi connectivity index (χ0v) is 37.1. The third-order valence-corrected chi connectivity index (χ3v) is 15.0. The van der Waals surface area contributed by atoms with E-state index in [2.05, 4.69) is 261 Å². The second-order valence-corrected chi connectivity index (χ2v) is 18.7. The fraction of sp³-hybridized carbons (Fsp3) is 0.0769. The van der Waals surface area contributed by atoms with Crippen molar-refractivity contribution in [3.05, 3.63) is 293 Å². The van der Waals surface area contributed by atoms with E-state index in [-0.39, 0.29) is 11.3 Å². The van der Waals surface area contributed by atoms with Crippen molar-refractivity contribution in [3.63, 3.8) is 0 Å². The summed E-state index contributed by atoms with van der Waals surface area (Å²) in [6.07, 6.45) is 0.